The van der Waals surface area contributed by atoms with Crippen molar-refractivity contribution >= 4 is 29.2 Å². The maximum Gasteiger partial charge on any atom is 0.416 e. The van der Waals surface area contributed by atoms with Crippen LogP contribution in [0.2, 0.25) is 0 Å². The van der Waals surface area contributed by atoms with Crippen LogP contribution < -0.4 is 5.69 Å². The van der Waals surface area contributed by atoms with E-state index in [0.717, 1.165) is 17.6 Å². The summed E-state index contributed by atoms with van der Waals surface area (Å²) in [5.41, 5.74) is 1.30. The van der Waals surface area contributed by atoms with E-state index in [0.29, 0.717) is 55.7 Å². The van der Waals surface area contributed by atoms with Crippen LogP contribution in [0.25, 0.3) is 11.0 Å². The number of aromatic nitrogens is 2. The van der Waals surface area contributed by atoms with Crippen molar-refractivity contribution in [2.75, 3.05) is 19.6 Å². The first-order chi connectivity index (χ1) is 18.2. The number of benzene rings is 3. The Balaban J connectivity index is 0.00000353. The van der Waals surface area contributed by atoms with E-state index in [1.807, 2.05) is 12.1 Å². The zero-order valence-electron chi connectivity index (χ0n) is 21.0. The van der Waals surface area contributed by atoms with Crippen LogP contribution in [-0.2, 0) is 19.3 Å². The molecule has 0 aliphatic carbocycles. The van der Waals surface area contributed by atoms with E-state index in [-0.39, 0.29) is 42.2 Å². The number of fused-ring (bicyclic) bond motifs is 1. The fourth-order valence-corrected chi connectivity index (χ4v) is 5.18. The number of halogens is 5. The van der Waals surface area contributed by atoms with Crippen molar-refractivity contribution in [3.05, 3.63) is 106 Å². The van der Waals surface area contributed by atoms with E-state index in [1.165, 1.54) is 34.9 Å². The molecule has 1 aliphatic rings. The van der Waals surface area contributed by atoms with Gasteiger partial charge in [-0.2, -0.15) is 13.2 Å². The molecule has 4 aromatic rings. The van der Waals surface area contributed by atoms with Crippen molar-refractivity contribution in [1.29, 1.82) is 0 Å². The Morgan fingerprint density at radius 2 is 1.49 bits per heavy atom. The molecular formula is C29H28ClF4N3O2. The van der Waals surface area contributed by atoms with Gasteiger partial charge in [-0.25, -0.2) is 9.18 Å². The number of alkyl halides is 3. The summed E-state index contributed by atoms with van der Waals surface area (Å²) in [4.78, 5) is 28.4. The standard InChI is InChI=1S/C29H27F4N3O2.ClH/c30-24-10-8-21(9-11-24)27(37)22-12-14-34(15-13-22)16-17-35-25-6-1-2-7-26(25)36(28(35)38)19-20-4-3-5-23(18-20)29(31,32)33;/h1-11,18,22H,12-17,19H2;1H. The number of para-hydroxylation sites is 2. The molecule has 0 radical (unpaired) electrons. The molecule has 2 heterocycles. The van der Waals surface area contributed by atoms with Crippen molar-refractivity contribution in [3.8, 4) is 0 Å². The molecule has 0 spiro atoms. The molecule has 1 aromatic heterocycles. The molecule has 1 aliphatic heterocycles. The highest BCUT2D eigenvalue weighted by Gasteiger charge is 2.30. The van der Waals surface area contributed by atoms with Gasteiger partial charge >= 0.3 is 11.9 Å². The number of nitrogens with zero attached hydrogens (tertiary/aromatic N) is 3. The number of hydrogen-bond acceptors (Lipinski definition) is 3. The molecule has 1 saturated heterocycles. The summed E-state index contributed by atoms with van der Waals surface area (Å²) < 4.78 is 55.9. The largest absolute Gasteiger partial charge is 0.416 e. The molecule has 206 valence electrons. The van der Waals surface area contributed by atoms with Gasteiger partial charge in [0.25, 0.3) is 0 Å². The lowest BCUT2D eigenvalue weighted by molar-refractivity contribution is -0.137. The SMILES string of the molecule is Cl.O=C(c1ccc(F)cc1)C1CCN(CCn2c(=O)n(Cc3cccc(C(F)(F)F)c3)c3ccccc32)CC1. The third kappa shape index (κ3) is 6.25. The second-order valence-electron chi connectivity index (χ2n) is 9.69. The first-order valence-corrected chi connectivity index (χ1v) is 12.6. The van der Waals surface area contributed by atoms with E-state index >= 15 is 0 Å². The number of piperidine rings is 1. The third-order valence-electron chi connectivity index (χ3n) is 7.25. The first kappa shape index (κ1) is 28.6. The Hall–Kier alpha value is -3.43. The first-order valence-electron chi connectivity index (χ1n) is 12.6. The van der Waals surface area contributed by atoms with Gasteiger partial charge in [0.2, 0.25) is 0 Å². The Kier molecular flexibility index (Phi) is 8.61. The van der Waals surface area contributed by atoms with E-state index < -0.39 is 11.7 Å². The van der Waals surface area contributed by atoms with Gasteiger partial charge in [-0.15, -0.1) is 12.4 Å². The van der Waals surface area contributed by atoms with Crippen LogP contribution in [0.1, 0.15) is 34.3 Å². The Labute approximate surface area is 229 Å². The van der Waals surface area contributed by atoms with E-state index in [2.05, 4.69) is 4.90 Å². The smallest absolute Gasteiger partial charge is 0.302 e. The molecule has 5 rings (SSSR count). The molecule has 10 heteroatoms. The maximum atomic E-state index is 13.4. The Bertz CT molecular complexity index is 1500. The van der Waals surface area contributed by atoms with Crippen molar-refractivity contribution in [1.82, 2.24) is 14.0 Å². The van der Waals surface area contributed by atoms with Gasteiger partial charge in [-0.1, -0.05) is 24.3 Å². The monoisotopic (exact) mass is 561 g/mol. The lowest BCUT2D eigenvalue weighted by Gasteiger charge is -2.31. The number of carbonyl (C=O) groups excluding carboxylic acids is 1. The Morgan fingerprint density at radius 1 is 0.846 bits per heavy atom. The fourth-order valence-electron chi connectivity index (χ4n) is 5.18. The number of Topliss-reactive ketones (excluding diaryl/α,β-unsaturated/α-hetero) is 1. The summed E-state index contributed by atoms with van der Waals surface area (Å²) in [6, 6.07) is 17.9. The molecule has 3 aromatic carbocycles. The topological polar surface area (TPSA) is 47.2 Å². The van der Waals surface area contributed by atoms with Gasteiger partial charge in [0.1, 0.15) is 5.82 Å². The average Bonchev–Trinajstić information content (AvgIpc) is 3.18. The maximum absolute atomic E-state index is 13.4. The zero-order chi connectivity index (χ0) is 26.9. The van der Waals surface area contributed by atoms with Crippen molar-refractivity contribution < 1.29 is 22.4 Å². The van der Waals surface area contributed by atoms with Crippen LogP contribution in [-0.4, -0.2) is 39.5 Å². The lowest BCUT2D eigenvalue weighted by atomic mass is 9.89. The van der Waals surface area contributed by atoms with Gasteiger partial charge < -0.3 is 4.90 Å². The molecular weight excluding hydrogens is 534 g/mol. The molecule has 1 fully saturated rings. The van der Waals surface area contributed by atoms with Crippen LogP contribution in [0.15, 0.2) is 77.6 Å². The number of carbonyl (C=O) groups is 1. The predicted molar refractivity (Wildman–Crippen MR) is 144 cm³/mol. The van der Waals surface area contributed by atoms with Gasteiger partial charge in [0, 0.05) is 24.6 Å². The number of imidazole rings is 1. The van der Waals surface area contributed by atoms with Crippen LogP contribution >= 0.6 is 12.4 Å². The van der Waals surface area contributed by atoms with Crippen LogP contribution in [0, 0.1) is 11.7 Å². The third-order valence-corrected chi connectivity index (χ3v) is 7.25. The highest BCUT2D eigenvalue weighted by atomic mass is 35.5. The highest BCUT2D eigenvalue weighted by Crippen LogP contribution is 2.30. The van der Waals surface area contributed by atoms with E-state index in [4.69, 9.17) is 0 Å². The molecule has 0 N–H and O–H groups in total. The Morgan fingerprint density at radius 3 is 2.13 bits per heavy atom. The summed E-state index contributed by atoms with van der Waals surface area (Å²) in [6.07, 6.45) is -3.09. The van der Waals surface area contributed by atoms with Gasteiger partial charge in [-0.05, 0) is 80.0 Å². The normalized spacial score (nSPS) is 14.9. The van der Waals surface area contributed by atoms with Crippen LogP contribution in [0.5, 0.6) is 0 Å². The minimum Gasteiger partial charge on any atom is -0.302 e. The number of hydrogen-bond donors (Lipinski definition) is 0. The minimum atomic E-state index is -4.45. The molecule has 5 nitrogen and oxygen atoms in total. The molecule has 0 unspecified atom stereocenters. The van der Waals surface area contributed by atoms with E-state index in [9.17, 15) is 27.2 Å². The van der Waals surface area contributed by atoms with Crippen molar-refractivity contribution in [3.63, 3.8) is 0 Å². The predicted octanol–water partition coefficient (Wildman–Crippen LogP) is 6.03. The van der Waals surface area contributed by atoms with Crippen molar-refractivity contribution in [2.24, 2.45) is 5.92 Å². The molecule has 0 bridgehead atoms. The molecule has 39 heavy (non-hydrogen) atoms. The summed E-state index contributed by atoms with van der Waals surface area (Å²) >= 11 is 0. The molecule has 0 saturated carbocycles. The lowest BCUT2D eigenvalue weighted by Crippen LogP contribution is -2.39. The second kappa shape index (κ2) is 11.8. The quantitative estimate of drug-likeness (QED) is 0.205. The molecule has 0 amide bonds. The van der Waals surface area contributed by atoms with Crippen LogP contribution in [0.4, 0.5) is 17.6 Å². The fraction of sp³-hybridized carbons (Fsp3) is 0.310. The highest BCUT2D eigenvalue weighted by molar-refractivity contribution is 5.97. The number of ketones is 1. The van der Waals surface area contributed by atoms with E-state index in [1.54, 1.807) is 22.8 Å². The zero-order valence-corrected chi connectivity index (χ0v) is 21.9. The second-order valence-corrected chi connectivity index (χ2v) is 9.69. The number of rotatable bonds is 7. The summed E-state index contributed by atoms with van der Waals surface area (Å²) in [5, 5.41) is 0. The average molecular weight is 562 g/mol. The minimum absolute atomic E-state index is 0. The molecule has 0 atom stereocenters. The van der Waals surface area contributed by atoms with Crippen LogP contribution in [0.3, 0.4) is 0 Å². The summed E-state index contributed by atoms with van der Waals surface area (Å²) in [7, 11) is 0. The summed E-state index contributed by atoms with van der Waals surface area (Å²) in [5.74, 6) is -0.463. The number of likely N-dealkylation sites (tertiary alicyclic amines) is 1. The summed E-state index contributed by atoms with van der Waals surface area (Å²) in [6.45, 7) is 2.47. The van der Waals surface area contributed by atoms with Gasteiger partial charge in [0.05, 0.1) is 23.1 Å². The van der Waals surface area contributed by atoms with Gasteiger partial charge in [0.15, 0.2) is 5.78 Å². The van der Waals surface area contributed by atoms with Gasteiger partial charge in [-0.3, -0.25) is 13.9 Å². The van der Waals surface area contributed by atoms with Crippen molar-refractivity contribution in [2.45, 2.75) is 32.1 Å².